The Morgan fingerprint density at radius 1 is 0.775 bits per heavy atom. The minimum absolute atomic E-state index is 0.0313. The molecule has 1 aromatic rings. The van der Waals surface area contributed by atoms with Crippen molar-refractivity contribution in [3.8, 4) is 0 Å². The molecule has 1 rings (SSSR count). The molecule has 2 N–H and O–H groups in total. The monoisotopic (exact) mass is 560 g/mol. The fraction of sp³-hybridized carbons (Fsp3) is 0.688. The summed E-state index contributed by atoms with van der Waals surface area (Å²) in [5.41, 5.74) is 0.859. The van der Waals surface area contributed by atoms with Gasteiger partial charge < -0.3 is 20.1 Å². The van der Waals surface area contributed by atoms with Crippen molar-refractivity contribution in [2.75, 3.05) is 7.11 Å². The van der Waals surface area contributed by atoms with Crippen LogP contribution in [0.15, 0.2) is 30.3 Å². The van der Waals surface area contributed by atoms with Crippen molar-refractivity contribution >= 4 is 23.8 Å². The predicted molar refractivity (Wildman–Crippen MR) is 157 cm³/mol. The largest absolute Gasteiger partial charge is 0.467 e. The molecule has 0 aromatic heterocycles. The summed E-state index contributed by atoms with van der Waals surface area (Å²) in [5.74, 6) is -1.97. The molecule has 0 radical (unpaired) electrons. The molecule has 0 bridgehead atoms. The van der Waals surface area contributed by atoms with Crippen molar-refractivity contribution in [3.05, 3.63) is 35.9 Å². The lowest BCUT2D eigenvalue weighted by Crippen LogP contribution is -2.54. The Kier molecular flexibility index (Phi) is 19.2. The van der Waals surface area contributed by atoms with Gasteiger partial charge in [-0.1, -0.05) is 115 Å². The Morgan fingerprint density at radius 2 is 1.35 bits per heavy atom. The SMILES string of the molecule is CCCCCCCCCCCCCC(=O)N[C@H](C(=O)N[C@H](CCC(=O)OCc1ccccc1)C(=O)OC)C(C)C. The zero-order valence-corrected chi connectivity index (χ0v) is 25.2. The highest BCUT2D eigenvalue weighted by atomic mass is 16.5. The van der Waals surface area contributed by atoms with Crippen molar-refractivity contribution in [3.63, 3.8) is 0 Å². The predicted octanol–water partition coefficient (Wildman–Crippen LogP) is 6.01. The van der Waals surface area contributed by atoms with Crippen LogP contribution in [0.1, 0.15) is 116 Å². The van der Waals surface area contributed by atoms with E-state index < -0.39 is 29.9 Å². The van der Waals surface area contributed by atoms with Gasteiger partial charge in [0.15, 0.2) is 0 Å². The van der Waals surface area contributed by atoms with Crippen LogP contribution >= 0.6 is 0 Å². The number of hydrogen-bond donors (Lipinski definition) is 2. The van der Waals surface area contributed by atoms with Crippen molar-refractivity contribution in [2.45, 2.75) is 129 Å². The van der Waals surface area contributed by atoms with Gasteiger partial charge in [-0.05, 0) is 24.3 Å². The third kappa shape index (κ3) is 16.3. The van der Waals surface area contributed by atoms with Crippen molar-refractivity contribution in [1.29, 1.82) is 0 Å². The van der Waals surface area contributed by atoms with Crippen LogP contribution in [0.2, 0.25) is 0 Å². The quantitative estimate of drug-likeness (QED) is 0.133. The summed E-state index contributed by atoms with van der Waals surface area (Å²) < 4.78 is 10.1. The van der Waals surface area contributed by atoms with Gasteiger partial charge in [-0.25, -0.2) is 4.79 Å². The van der Waals surface area contributed by atoms with E-state index in [0.29, 0.717) is 6.42 Å². The van der Waals surface area contributed by atoms with Crippen LogP contribution in [-0.4, -0.2) is 42.9 Å². The molecule has 0 aliphatic rings. The zero-order chi connectivity index (χ0) is 29.6. The Labute approximate surface area is 241 Å². The van der Waals surface area contributed by atoms with E-state index in [1.807, 2.05) is 44.2 Å². The van der Waals surface area contributed by atoms with E-state index in [4.69, 9.17) is 9.47 Å². The third-order valence-electron chi connectivity index (χ3n) is 6.95. The summed E-state index contributed by atoms with van der Waals surface area (Å²) in [5, 5.41) is 5.48. The second-order valence-corrected chi connectivity index (χ2v) is 10.8. The average molecular weight is 561 g/mol. The van der Waals surface area contributed by atoms with E-state index in [-0.39, 0.29) is 31.3 Å². The van der Waals surface area contributed by atoms with Gasteiger partial charge in [-0.3, -0.25) is 14.4 Å². The number of ether oxygens (including phenoxy) is 2. The maximum absolute atomic E-state index is 13.0. The first-order valence-corrected chi connectivity index (χ1v) is 15.2. The van der Waals surface area contributed by atoms with Gasteiger partial charge in [0, 0.05) is 12.8 Å². The molecule has 2 amide bonds. The summed E-state index contributed by atoms with van der Waals surface area (Å²) in [6.07, 6.45) is 13.6. The maximum Gasteiger partial charge on any atom is 0.328 e. The molecule has 0 saturated carbocycles. The minimum Gasteiger partial charge on any atom is -0.467 e. The number of esters is 2. The van der Waals surface area contributed by atoms with Gasteiger partial charge in [-0.2, -0.15) is 0 Å². The Hall–Kier alpha value is -2.90. The number of amides is 2. The zero-order valence-electron chi connectivity index (χ0n) is 25.2. The minimum atomic E-state index is -1.02. The van der Waals surface area contributed by atoms with E-state index in [9.17, 15) is 19.2 Å². The second-order valence-electron chi connectivity index (χ2n) is 10.8. The van der Waals surface area contributed by atoms with Gasteiger partial charge in [0.05, 0.1) is 7.11 Å². The lowest BCUT2D eigenvalue weighted by Gasteiger charge is -2.24. The second kappa shape index (κ2) is 21.9. The maximum atomic E-state index is 13.0. The summed E-state index contributed by atoms with van der Waals surface area (Å²) in [6.45, 7) is 6.03. The molecule has 226 valence electrons. The number of carbonyl (C=O) groups excluding carboxylic acids is 4. The van der Waals surface area contributed by atoms with Crippen LogP contribution in [0, 0.1) is 5.92 Å². The average Bonchev–Trinajstić information content (AvgIpc) is 2.95. The molecule has 0 aliphatic carbocycles. The van der Waals surface area contributed by atoms with E-state index in [1.54, 1.807) is 0 Å². The number of nitrogens with one attached hydrogen (secondary N) is 2. The fourth-order valence-corrected chi connectivity index (χ4v) is 4.46. The number of carbonyl (C=O) groups is 4. The molecule has 8 nitrogen and oxygen atoms in total. The molecule has 0 fully saturated rings. The Bertz CT molecular complexity index is 858. The Balaban J connectivity index is 2.40. The lowest BCUT2D eigenvalue weighted by atomic mass is 10.0. The van der Waals surface area contributed by atoms with Gasteiger partial charge in [0.1, 0.15) is 18.7 Å². The molecular weight excluding hydrogens is 508 g/mol. The normalized spacial score (nSPS) is 12.4. The highest BCUT2D eigenvalue weighted by Gasteiger charge is 2.29. The third-order valence-corrected chi connectivity index (χ3v) is 6.95. The summed E-state index contributed by atoms with van der Waals surface area (Å²) in [4.78, 5) is 50.1. The standard InChI is InChI=1S/C32H52N2O6/c1-5-6-7-8-9-10-11-12-13-14-18-21-28(35)34-30(25(2)3)31(37)33-27(32(38)39-4)22-23-29(36)40-24-26-19-16-15-17-20-26/h15-17,19-20,25,27,30H,5-14,18,21-24H2,1-4H3,(H,33,37)(H,34,35)/t27-,30+/m1/s1. The number of rotatable bonds is 22. The van der Waals surface area contributed by atoms with Crippen LogP contribution < -0.4 is 10.6 Å². The molecule has 0 heterocycles. The van der Waals surface area contributed by atoms with E-state index in [0.717, 1.165) is 24.8 Å². The summed E-state index contributed by atoms with van der Waals surface area (Å²) in [7, 11) is 1.23. The molecule has 0 spiro atoms. The fourth-order valence-electron chi connectivity index (χ4n) is 4.46. The van der Waals surface area contributed by atoms with Crippen LogP contribution in [0.3, 0.4) is 0 Å². The molecule has 40 heavy (non-hydrogen) atoms. The number of benzene rings is 1. The first kappa shape index (κ1) is 35.1. The van der Waals surface area contributed by atoms with Crippen LogP contribution in [0.4, 0.5) is 0 Å². The van der Waals surface area contributed by atoms with Gasteiger partial charge >= 0.3 is 11.9 Å². The van der Waals surface area contributed by atoms with Crippen molar-refractivity contribution in [2.24, 2.45) is 5.92 Å². The molecule has 8 heteroatoms. The van der Waals surface area contributed by atoms with Crippen molar-refractivity contribution in [1.82, 2.24) is 10.6 Å². The first-order chi connectivity index (χ1) is 19.3. The molecule has 0 aliphatic heterocycles. The van der Waals surface area contributed by atoms with E-state index in [1.165, 1.54) is 58.5 Å². The molecule has 0 unspecified atom stereocenters. The molecule has 1 aromatic carbocycles. The first-order valence-electron chi connectivity index (χ1n) is 15.2. The number of methoxy groups -OCH3 is 1. The number of hydrogen-bond acceptors (Lipinski definition) is 6. The molecule has 0 saturated heterocycles. The van der Waals surface area contributed by atoms with Crippen molar-refractivity contribution < 1.29 is 28.7 Å². The summed E-state index contributed by atoms with van der Waals surface area (Å²) in [6, 6.07) is 7.47. The smallest absolute Gasteiger partial charge is 0.328 e. The molecular formula is C32H52N2O6. The van der Waals surface area contributed by atoms with Crippen LogP contribution in [-0.2, 0) is 35.3 Å². The highest BCUT2D eigenvalue weighted by Crippen LogP contribution is 2.13. The van der Waals surface area contributed by atoms with E-state index in [2.05, 4.69) is 17.6 Å². The van der Waals surface area contributed by atoms with Gasteiger partial charge in [0.2, 0.25) is 11.8 Å². The van der Waals surface area contributed by atoms with Gasteiger partial charge in [0.25, 0.3) is 0 Å². The molecule has 2 atom stereocenters. The lowest BCUT2D eigenvalue weighted by molar-refractivity contribution is -0.148. The summed E-state index contributed by atoms with van der Waals surface area (Å²) >= 11 is 0. The Morgan fingerprint density at radius 3 is 1.90 bits per heavy atom. The van der Waals surface area contributed by atoms with Crippen LogP contribution in [0.25, 0.3) is 0 Å². The topological polar surface area (TPSA) is 111 Å². The number of unbranched alkanes of at least 4 members (excludes halogenated alkanes) is 10. The van der Waals surface area contributed by atoms with Gasteiger partial charge in [-0.15, -0.1) is 0 Å². The van der Waals surface area contributed by atoms with E-state index >= 15 is 0 Å². The highest BCUT2D eigenvalue weighted by molar-refractivity contribution is 5.91. The van der Waals surface area contributed by atoms with Crippen LogP contribution in [0.5, 0.6) is 0 Å².